The van der Waals surface area contributed by atoms with E-state index >= 15 is 0 Å². The maximum atomic E-state index is 12.9. The predicted molar refractivity (Wildman–Crippen MR) is 104 cm³/mol. The smallest absolute Gasteiger partial charge is 0.239 e. The summed E-state index contributed by atoms with van der Waals surface area (Å²) < 4.78 is 0. The van der Waals surface area contributed by atoms with Crippen LogP contribution in [0.4, 0.5) is 0 Å². The number of carbonyl (C=O) groups is 1. The molecule has 26 heavy (non-hydrogen) atoms. The molecule has 4 rings (SSSR count). The van der Waals surface area contributed by atoms with Gasteiger partial charge in [0.2, 0.25) is 5.91 Å². The van der Waals surface area contributed by atoms with Crippen LogP contribution in [-0.2, 0) is 4.79 Å². The summed E-state index contributed by atoms with van der Waals surface area (Å²) in [4.78, 5) is 17.7. The Morgan fingerprint density at radius 2 is 1.69 bits per heavy atom. The van der Waals surface area contributed by atoms with Gasteiger partial charge in [0.25, 0.3) is 0 Å². The number of carbonyl (C=O) groups excluding carboxylic acids is 1. The summed E-state index contributed by atoms with van der Waals surface area (Å²) >= 11 is 0. The molecule has 4 atom stereocenters. The summed E-state index contributed by atoms with van der Waals surface area (Å²) in [7, 11) is 0. The number of likely N-dealkylation sites (tertiary alicyclic amines) is 2. The van der Waals surface area contributed by atoms with Crippen molar-refractivity contribution in [1.82, 2.24) is 20.4 Å². The van der Waals surface area contributed by atoms with Gasteiger partial charge in [-0.1, -0.05) is 0 Å². The van der Waals surface area contributed by atoms with E-state index in [0.717, 1.165) is 58.4 Å². The highest BCUT2D eigenvalue weighted by molar-refractivity contribution is 5.82. The maximum Gasteiger partial charge on any atom is 0.239 e. The van der Waals surface area contributed by atoms with Gasteiger partial charge in [-0.15, -0.1) is 0 Å². The van der Waals surface area contributed by atoms with Crippen molar-refractivity contribution in [2.24, 2.45) is 17.6 Å². The van der Waals surface area contributed by atoms with Gasteiger partial charge in [0.1, 0.15) is 0 Å². The molecule has 148 valence electrons. The Bertz CT molecular complexity index is 465. The monoisotopic (exact) mass is 363 g/mol. The first-order chi connectivity index (χ1) is 12.7. The average molecular weight is 364 g/mol. The van der Waals surface area contributed by atoms with Crippen LogP contribution in [0.2, 0.25) is 0 Å². The third kappa shape index (κ3) is 4.08. The van der Waals surface area contributed by atoms with Crippen molar-refractivity contribution in [2.45, 2.75) is 63.1 Å². The van der Waals surface area contributed by atoms with Crippen LogP contribution in [0.15, 0.2) is 0 Å². The largest absolute Gasteiger partial charge is 0.341 e. The topological polar surface area (TPSA) is 73.6 Å². The van der Waals surface area contributed by atoms with Crippen LogP contribution in [-0.4, -0.2) is 79.6 Å². The molecule has 6 heteroatoms. The van der Waals surface area contributed by atoms with E-state index in [1.165, 1.54) is 32.4 Å². The zero-order chi connectivity index (χ0) is 17.9. The standard InChI is InChI=1S/C20H37N5O/c21-18-14-22-8-5-17(18)15-3-4-19(23-13-15)20(26)25-11-6-16(7-12-25)24-9-1-2-10-24/h15-19,22-23H,1-14,21H2. The van der Waals surface area contributed by atoms with E-state index in [1.54, 1.807) is 0 Å². The van der Waals surface area contributed by atoms with E-state index < -0.39 is 0 Å². The van der Waals surface area contributed by atoms with E-state index in [0.29, 0.717) is 23.8 Å². The van der Waals surface area contributed by atoms with E-state index in [-0.39, 0.29) is 12.1 Å². The van der Waals surface area contributed by atoms with Gasteiger partial charge in [0, 0.05) is 31.7 Å². The molecule has 0 aromatic rings. The Balaban J connectivity index is 1.22. The molecule has 4 fully saturated rings. The summed E-state index contributed by atoms with van der Waals surface area (Å²) in [6, 6.07) is 1.02. The SMILES string of the molecule is NC1CNCCC1C1CCC(C(=O)N2CCC(N3CCCC3)CC2)NC1. The molecule has 0 spiro atoms. The highest BCUT2D eigenvalue weighted by Gasteiger charge is 2.36. The lowest BCUT2D eigenvalue weighted by Gasteiger charge is -2.41. The molecular weight excluding hydrogens is 326 g/mol. The average Bonchev–Trinajstić information content (AvgIpc) is 3.23. The molecule has 4 saturated heterocycles. The summed E-state index contributed by atoms with van der Waals surface area (Å²) in [6.07, 6.45) is 8.32. The first kappa shape index (κ1) is 18.7. The summed E-state index contributed by atoms with van der Waals surface area (Å²) in [5.74, 6) is 1.59. The van der Waals surface area contributed by atoms with Crippen molar-refractivity contribution in [3.8, 4) is 0 Å². The van der Waals surface area contributed by atoms with Crippen LogP contribution in [0.5, 0.6) is 0 Å². The number of nitrogens with two attached hydrogens (primary N) is 1. The molecule has 6 nitrogen and oxygen atoms in total. The molecule has 0 aromatic heterocycles. The van der Waals surface area contributed by atoms with Crippen LogP contribution in [0.1, 0.15) is 44.9 Å². The van der Waals surface area contributed by atoms with Gasteiger partial charge in [-0.25, -0.2) is 0 Å². The van der Waals surface area contributed by atoms with Crippen LogP contribution < -0.4 is 16.4 Å². The minimum absolute atomic E-state index is 0.0347. The van der Waals surface area contributed by atoms with E-state index in [2.05, 4.69) is 20.4 Å². The number of amides is 1. The molecule has 0 aliphatic carbocycles. The summed E-state index contributed by atoms with van der Waals surface area (Å²) in [6.45, 7) is 7.41. The van der Waals surface area contributed by atoms with Gasteiger partial charge >= 0.3 is 0 Å². The lowest BCUT2D eigenvalue weighted by atomic mass is 9.77. The highest BCUT2D eigenvalue weighted by atomic mass is 16.2. The van der Waals surface area contributed by atoms with Crippen LogP contribution in [0, 0.1) is 11.8 Å². The van der Waals surface area contributed by atoms with Gasteiger partial charge in [-0.05, 0) is 83.0 Å². The number of piperidine rings is 3. The number of nitrogens with one attached hydrogen (secondary N) is 2. The molecule has 1 amide bonds. The third-order valence-electron chi connectivity index (χ3n) is 7.37. The lowest BCUT2D eigenvalue weighted by molar-refractivity contribution is -0.136. The number of hydrogen-bond donors (Lipinski definition) is 3. The van der Waals surface area contributed by atoms with Crippen molar-refractivity contribution < 1.29 is 4.79 Å². The van der Waals surface area contributed by atoms with Gasteiger partial charge < -0.3 is 26.2 Å². The Hall–Kier alpha value is -0.690. The fourth-order valence-corrected chi connectivity index (χ4v) is 5.72. The van der Waals surface area contributed by atoms with E-state index in [9.17, 15) is 4.79 Å². The Morgan fingerprint density at radius 1 is 0.923 bits per heavy atom. The molecule has 4 aliphatic heterocycles. The van der Waals surface area contributed by atoms with Crippen LogP contribution in [0.3, 0.4) is 0 Å². The van der Waals surface area contributed by atoms with E-state index in [4.69, 9.17) is 5.73 Å². The number of hydrogen-bond acceptors (Lipinski definition) is 5. The second-order valence-electron chi connectivity index (χ2n) is 8.92. The fraction of sp³-hybridized carbons (Fsp3) is 0.950. The fourth-order valence-electron chi connectivity index (χ4n) is 5.72. The Kier molecular flexibility index (Phi) is 6.14. The van der Waals surface area contributed by atoms with E-state index in [1.807, 2.05) is 0 Å². The second-order valence-corrected chi connectivity index (χ2v) is 8.92. The summed E-state index contributed by atoms with van der Waals surface area (Å²) in [5.41, 5.74) is 6.32. The van der Waals surface area contributed by atoms with Crippen LogP contribution in [0.25, 0.3) is 0 Å². The quantitative estimate of drug-likeness (QED) is 0.676. The van der Waals surface area contributed by atoms with Crippen LogP contribution >= 0.6 is 0 Å². The van der Waals surface area contributed by atoms with Crippen molar-refractivity contribution >= 4 is 5.91 Å². The van der Waals surface area contributed by atoms with Crippen molar-refractivity contribution in [2.75, 3.05) is 45.8 Å². The summed E-state index contributed by atoms with van der Waals surface area (Å²) in [5, 5.41) is 6.96. The predicted octanol–water partition coefficient (Wildman–Crippen LogP) is 0.378. The molecule has 0 radical (unpaired) electrons. The molecule has 0 bridgehead atoms. The molecular formula is C20H37N5O. The van der Waals surface area contributed by atoms with Crippen molar-refractivity contribution in [3.05, 3.63) is 0 Å². The first-order valence-corrected chi connectivity index (χ1v) is 10.9. The molecule has 4 N–H and O–H groups in total. The third-order valence-corrected chi connectivity index (χ3v) is 7.37. The normalized spacial score (nSPS) is 37.8. The molecule has 4 aliphatic rings. The van der Waals surface area contributed by atoms with Crippen molar-refractivity contribution in [3.63, 3.8) is 0 Å². The van der Waals surface area contributed by atoms with Gasteiger partial charge in [0.15, 0.2) is 0 Å². The molecule has 4 heterocycles. The Labute approximate surface area is 158 Å². The van der Waals surface area contributed by atoms with Crippen molar-refractivity contribution in [1.29, 1.82) is 0 Å². The Morgan fingerprint density at radius 3 is 2.35 bits per heavy atom. The lowest BCUT2D eigenvalue weighted by Crippen LogP contribution is -2.56. The maximum absolute atomic E-state index is 12.9. The minimum Gasteiger partial charge on any atom is -0.341 e. The minimum atomic E-state index is 0.0347. The number of rotatable bonds is 3. The number of nitrogens with zero attached hydrogens (tertiary/aromatic N) is 2. The molecule has 0 aromatic carbocycles. The molecule has 0 saturated carbocycles. The zero-order valence-corrected chi connectivity index (χ0v) is 16.2. The zero-order valence-electron chi connectivity index (χ0n) is 16.2. The van der Waals surface area contributed by atoms with Gasteiger partial charge in [0.05, 0.1) is 6.04 Å². The molecule has 4 unspecified atom stereocenters. The van der Waals surface area contributed by atoms with Gasteiger partial charge in [-0.2, -0.15) is 0 Å². The first-order valence-electron chi connectivity index (χ1n) is 10.9. The second kappa shape index (κ2) is 8.55. The van der Waals surface area contributed by atoms with Gasteiger partial charge in [-0.3, -0.25) is 4.79 Å². The highest BCUT2D eigenvalue weighted by Crippen LogP contribution is 2.29.